The van der Waals surface area contributed by atoms with E-state index in [2.05, 4.69) is 30.4 Å². The van der Waals surface area contributed by atoms with Crippen LogP contribution in [0.4, 0.5) is 11.6 Å². The Bertz CT molecular complexity index is 609. The minimum atomic E-state index is 0.465. The molecule has 1 aliphatic heterocycles. The summed E-state index contributed by atoms with van der Waals surface area (Å²) in [4.78, 5) is 13.0. The summed E-state index contributed by atoms with van der Waals surface area (Å²) in [5.41, 5.74) is 1.22. The summed E-state index contributed by atoms with van der Waals surface area (Å²) in [6.45, 7) is 3.09. The number of nitrogens with one attached hydrogen (secondary N) is 1. The van der Waals surface area contributed by atoms with Crippen LogP contribution in [-0.4, -0.2) is 58.3 Å². The molecule has 0 aromatic carbocycles. The van der Waals surface area contributed by atoms with E-state index in [4.69, 9.17) is 0 Å². The third-order valence-corrected chi connectivity index (χ3v) is 4.10. The van der Waals surface area contributed by atoms with E-state index in [9.17, 15) is 0 Å². The fourth-order valence-electron chi connectivity index (χ4n) is 2.78. The number of hydrogen-bond donors (Lipinski definition) is 1. The van der Waals surface area contributed by atoms with Gasteiger partial charge in [0.25, 0.3) is 0 Å². The first-order valence-electron chi connectivity index (χ1n) is 7.94. The Morgan fingerprint density at radius 2 is 2.04 bits per heavy atom. The van der Waals surface area contributed by atoms with E-state index in [1.165, 1.54) is 5.56 Å². The largest absolute Gasteiger partial charge is 0.367 e. The maximum Gasteiger partial charge on any atom is 0.133 e. The maximum atomic E-state index is 4.32. The smallest absolute Gasteiger partial charge is 0.133 e. The second-order valence-corrected chi connectivity index (χ2v) is 6.10. The van der Waals surface area contributed by atoms with Gasteiger partial charge < -0.3 is 10.2 Å². The molecule has 0 atom stereocenters. The predicted molar refractivity (Wildman–Crippen MR) is 90.3 cm³/mol. The zero-order chi connectivity index (χ0) is 16.1. The van der Waals surface area contributed by atoms with Crippen molar-refractivity contribution < 1.29 is 0 Å². The van der Waals surface area contributed by atoms with Gasteiger partial charge in [0.05, 0.1) is 6.20 Å². The molecule has 1 fully saturated rings. The van der Waals surface area contributed by atoms with Crippen LogP contribution in [0.5, 0.6) is 0 Å². The van der Waals surface area contributed by atoms with Gasteiger partial charge in [0.2, 0.25) is 0 Å². The van der Waals surface area contributed by atoms with Crippen molar-refractivity contribution in [2.24, 2.45) is 0 Å². The van der Waals surface area contributed by atoms with Gasteiger partial charge in [-0.3, -0.25) is 4.90 Å². The van der Waals surface area contributed by atoms with E-state index in [0.29, 0.717) is 6.04 Å². The predicted octanol–water partition coefficient (Wildman–Crippen LogP) is 1.41. The maximum absolute atomic E-state index is 4.32. The summed E-state index contributed by atoms with van der Waals surface area (Å²) in [7, 11) is 3.97. The van der Waals surface area contributed by atoms with Crippen LogP contribution in [0.15, 0.2) is 30.9 Å². The van der Waals surface area contributed by atoms with Crippen molar-refractivity contribution in [2.75, 3.05) is 37.4 Å². The van der Waals surface area contributed by atoms with E-state index < -0.39 is 0 Å². The van der Waals surface area contributed by atoms with Gasteiger partial charge in [-0.15, -0.1) is 0 Å². The highest BCUT2D eigenvalue weighted by Crippen LogP contribution is 2.18. The van der Waals surface area contributed by atoms with Crippen molar-refractivity contribution in [2.45, 2.75) is 25.4 Å². The minimum absolute atomic E-state index is 0.465. The van der Waals surface area contributed by atoms with Crippen LogP contribution >= 0.6 is 0 Å². The van der Waals surface area contributed by atoms with E-state index >= 15 is 0 Å². The molecule has 2 aromatic rings. The van der Waals surface area contributed by atoms with E-state index in [0.717, 1.165) is 44.1 Å². The Kier molecular flexibility index (Phi) is 4.97. The van der Waals surface area contributed by atoms with E-state index in [1.807, 2.05) is 37.3 Å². The molecule has 0 unspecified atom stereocenters. The zero-order valence-electron chi connectivity index (χ0n) is 13.7. The summed E-state index contributed by atoms with van der Waals surface area (Å²) in [6, 6.07) is 4.49. The normalized spacial score (nSPS) is 16.3. The molecule has 1 aliphatic rings. The Balaban J connectivity index is 1.50. The molecule has 7 heteroatoms. The molecule has 0 amide bonds. The lowest BCUT2D eigenvalue weighted by Gasteiger charge is -2.32. The lowest BCUT2D eigenvalue weighted by Crippen LogP contribution is -2.38. The van der Waals surface area contributed by atoms with Crippen LogP contribution in [0.2, 0.25) is 0 Å². The topological polar surface area (TPSA) is 70.1 Å². The van der Waals surface area contributed by atoms with Crippen molar-refractivity contribution in [3.63, 3.8) is 0 Å². The molecule has 2 aromatic heterocycles. The first kappa shape index (κ1) is 15.6. The molecule has 7 nitrogen and oxygen atoms in total. The molecule has 0 bridgehead atoms. The fourth-order valence-corrected chi connectivity index (χ4v) is 2.78. The van der Waals surface area contributed by atoms with Crippen molar-refractivity contribution in [3.8, 4) is 0 Å². The Morgan fingerprint density at radius 3 is 2.74 bits per heavy atom. The number of anilines is 2. The third kappa shape index (κ3) is 4.35. The molecular weight excluding hydrogens is 290 g/mol. The quantitative estimate of drug-likeness (QED) is 0.895. The van der Waals surface area contributed by atoms with E-state index in [1.54, 1.807) is 12.5 Å². The summed E-state index contributed by atoms with van der Waals surface area (Å²) < 4.78 is 0. The Hall–Kier alpha value is -2.28. The number of likely N-dealkylation sites (tertiary alicyclic amines) is 1. The molecule has 1 saturated heterocycles. The first-order valence-corrected chi connectivity index (χ1v) is 7.94. The van der Waals surface area contributed by atoms with Crippen molar-refractivity contribution in [1.29, 1.82) is 0 Å². The van der Waals surface area contributed by atoms with Gasteiger partial charge in [0.1, 0.15) is 18.0 Å². The van der Waals surface area contributed by atoms with Gasteiger partial charge >= 0.3 is 0 Å². The van der Waals surface area contributed by atoms with Crippen LogP contribution < -0.4 is 10.2 Å². The summed E-state index contributed by atoms with van der Waals surface area (Å²) in [6.07, 6.45) is 7.43. The van der Waals surface area contributed by atoms with E-state index in [-0.39, 0.29) is 0 Å². The van der Waals surface area contributed by atoms with Gasteiger partial charge in [-0.05, 0) is 24.5 Å². The molecule has 0 spiro atoms. The number of piperidine rings is 1. The van der Waals surface area contributed by atoms with Crippen LogP contribution in [0.3, 0.4) is 0 Å². The highest BCUT2D eigenvalue weighted by Gasteiger charge is 2.19. The average molecular weight is 313 g/mol. The molecule has 3 heterocycles. The molecule has 23 heavy (non-hydrogen) atoms. The fraction of sp³-hybridized carbons (Fsp3) is 0.500. The Morgan fingerprint density at radius 1 is 1.22 bits per heavy atom. The lowest BCUT2D eigenvalue weighted by atomic mass is 10.0. The zero-order valence-corrected chi connectivity index (χ0v) is 13.7. The lowest BCUT2D eigenvalue weighted by molar-refractivity contribution is 0.211. The third-order valence-electron chi connectivity index (χ3n) is 4.10. The van der Waals surface area contributed by atoms with Crippen LogP contribution in [0.1, 0.15) is 18.4 Å². The summed E-state index contributed by atoms with van der Waals surface area (Å²) in [5, 5.41) is 11.3. The number of nitrogens with zero attached hydrogens (tertiary/aromatic N) is 6. The summed E-state index contributed by atoms with van der Waals surface area (Å²) in [5.74, 6) is 1.82. The molecule has 0 radical (unpaired) electrons. The molecule has 1 N–H and O–H groups in total. The van der Waals surface area contributed by atoms with Gasteiger partial charge in [-0.25, -0.2) is 9.97 Å². The molecular formula is C16H23N7. The van der Waals surface area contributed by atoms with Crippen LogP contribution in [0.25, 0.3) is 0 Å². The molecule has 3 rings (SSSR count). The van der Waals surface area contributed by atoms with Gasteiger partial charge in [0.15, 0.2) is 0 Å². The van der Waals surface area contributed by atoms with Crippen LogP contribution in [0, 0.1) is 0 Å². The monoisotopic (exact) mass is 313 g/mol. The Labute approximate surface area is 136 Å². The molecule has 122 valence electrons. The van der Waals surface area contributed by atoms with Crippen LogP contribution in [-0.2, 0) is 6.54 Å². The van der Waals surface area contributed by atoms with Gasteiger partial charge in [-0.2, -0.15) is 10.2 Å². The number of aromatic nitrogens is 4. The molecule has 0 saturated carbocycles. The standard InChI is InChI=1S/C16H23N7/c1-22(2)16-9-15(17-12-18-16)21-14-4-7-23(8-5-14)11-13-3-6-19-20-10-13/h3,6,9-10,12,14H,4-5,7-8,11H2,1-2H3,(H,17,18,21). The van der Waals surface area contributed by atoms with Crippen molar-refractivity contribution >= 4 is 11.6 Å². The highest BCUT2D eigenvalue weighted by molar-refractivity contribution is 5.47. The van der Waals surface area contributed by atoms with Crippen molar-refractivity contribution in [1.82, 2.24) is 25.1 Å². The number of rotatable bonds is 5. The number of hydrogen-bond acceptors (Lipinski definition) is 7. The second-order valence-electron chi connectivity index (χ2n) is 6.10. The minimum Gasteiger partial charge on any atom is -0.367 e. The van der Waals surface area contributed by atoms with Gasteiger partial charge in [-0.1, -0.05) is 0 Å². The highest BCUT2D eigenvalue weighted by atomic mass is 15.2. The summed E-state index contributed by atoms with van der Waals surface area (Å²) >= 11 is 0. The second kappa shape index (κ2) is 7.32. The molecule has 0 aliphatic carbocycles. The SMILES string of the molecule is CN(C)c1cc(NC2CCN(Cc3ccnnc3)CC2)ncn1. The van der Waals surface area contributed by atoms with Crippen molar-refractivity contribution in [3.05, 3.63) is 36.4 Å². The average Bonchev–Trinajstić information content (AvgIpc) is 2.58. The van der Waals surface area contributed by atoms with Gasteiger partial charge in [0, 0.05) is 52.0 Å². The first-order chi connectivity index (χ1) is 11.2.